The summed E-state index contributed by atoms with van der Waals surface area (Å²) in [6.07, 6.45) is 2.88. The van der Waals surface area contributed by atoms with Crippen LogP contribution in [0.15, 0.2) is 0 Å². The van der Waals surface area contributed by atoms with Gasteiger partial charge in [0.25, 0.3) is 0 Å². The fourth-order valence-corrected chi connectivity index (χ4v) is 4.20. The number of methoxy groups -OCH3 is 1. The van der Waals surface area contributed by atoms with E-state index in [1.54, 1.807) is 0 Å². The van der Waals surface area contributed by atoms with Crippen molar-refractivity contribution < 1.29 is 17.9 Å². The summed E-state index contributed by atoms with van der Waals surface area (Å²) in [6, 6.07) is 0.514. The highest BCUT2D eigenvalue weighted by molar-refractivity contribution is 7.91. The molecule has 6 heteroatoms. The van der Waals surface area contributed by atoms with Crippen LogP contribution in [-0.4, -0.2) is 45.6 Å². The van der Waals surface area contributed by atoms with Crippen molar-refractivity contribution in [1.82, 2.24) is 5.32 Å². The van der Waals surface area contributed by atoms with Gasteiger partial charge in [0.1, 0.15) is 0 Å². The molecule has 0 aromatic rings. The number of rotatable bonds is 5. The lowest BCUT2D eigenvalue weighted by Gasteiger charge is -2.20. The average Bonchev–Trinajstić information content (AvgIpc) is 3.03. The summed E-state index contributed by atoms with van der Waals surface area (Å²) in [5.41, 5.74) is 0. The first-order valence-electron chi connectivity index (χ1n) is 6.03. The van der Waals surface area contributed by atoms with Gasteiger partial charge in [-0.3, -0.25) is 4.79 Å². The summed E-state index contributed by atoms with van der Waals surface area (Å²) >= 11 is 0. The van der Waals surface area contributed by atoms with Crippen molar-refractivity contribution >= 4 is 15.8 Å². The van der Waals surface area contributed by atoms with Crippen LogP contribution in [0.1, 0.15) is 19.3 Å². The van der Waals surface area contributed by atoms with Crippen LogP contribution in [0.2, 0.25) is 0 Å². The van der Waals surface area contributed by atoms with Crippen LogP contribution in [0.25, 0.3) is 0 Å². The number of carbonyl (C=O) groups is 1. The fraction of sp³-hybridized carbons (Fsp3) is 0.909. The summed E-state index contributed by atoms with van der Waals surface area (Å²) in [6.45, 7) is 0.539. The lowest BCUT2D eigenvalue weighted by Crippen LogP contribution is -2.36. The molecule has 0 spiro atoms. The maximum Gasteiger partial charge on any atom is 0.310 e. The van der Waals surface area contributed by atoms with Crippen molar-refractivity contribution in [2.24, 2.45) is 11.8 Å². The highest BCUT2D eigenvalue weighted by Gasteiger charge is 2.38. The summed E-state index contributed by atoms with van der Waals surface area (Å²) < 4.78 is 27.6. The Hall–Kier alpha value is -0.620. The SMILES string of the molecule is COC(=O)C(CNC1CC1)C1CCS(=O)(=O)C1. The second kappa shape index (κ2) is 4.94. The second-order valence-corrected chi connectivity index (χ2v) is 7.20. The highest BCUT2D eigenvalue weighted by Crippen LogP contribution is 2.28. The number of ether oxygens (including phenoxy) is 1. The van der Waals surface area contributed by atoms with E-state index in [1.807, 2.05) is 0 Å². The molecule has 1 aliphatic carbocycles. The van der Waals surface area contributed by atoms with Crippen LogP contribution in [0, 0.1) is 11.8 Å². The summed E-state index contributed by atoms with van der Waals surface area (Å²) in [7, 11) is -1.58. The molecule has 1 heterocycles. The van der Waals surface area contributed by atoms with Gasteiger partial charge in [-0.05, 0) is 25.2 Å². The van der Waals surface area contributed by atoms with Crippen LogP contribution in [-0.2, 0) is 19.4 Å². The lowest BCUT2D eigenvalue weighted by atomic mass is 9.91. The van der Waals surface area contributed by atoms with E-state index in [0.717, 1.165) is 12.8 Å². The van der Waals surface area contributed by atoms with E-state index in [4.69, 9.17) is 4.74 Å². The minimum Gasteiger partial charge on any atom is -0.469 e. The predicted molar refractivity (Wildman–Crippen MR) is 63.3 cm³/mol. The molecule has 0 aromatic carbocycles. The van der Waals surface area contributed by atoms with Crippen LogP contribution in [0.4, 0.5) is 0 Å². The number of carbonyl (C=O) groups excluding carboxylic acids is 1. The number of sulfone groups is 1. The van der Waals surface area contributed by atoms with E-state index < -0.39 is 9.84 Å². The van der Waals surface area contributed by atoms with Gasteiger partial charge in [-0.1, -0.05) is 0 Å². The van der Waals surface area contributed by atoms with Crippen LogP contribution in [0.3, 0.4) is 0 Å². The van der Waals surface area contributed by atoms with E-state index in [0.29, 0.717) is 19.0 Å². The molecule has 17 heavy (non-hydrogen) atoms. The molecule has 1 saturated heterocycles. The molecule has 5 nitrogen and oxygen atoms in total. The Labute approximate surface area is 102 Å². The third kappa shape index (κ3) is 3.42. The predicted octanol–water partition coefficient (Wildman–Crippen LogP) is -0.0377. The second-order valence-electron chi connectivity index (χ2n) is 4.98. The third-order valence-corrected chi connectivity index (χ3v) is 5.34. The van der Waals surface area contributed by atoms with Crippen LogP contribution >= 0.6 is 0 Å². The molecule has 2 rings (SSSR count). The molecule has 0 bridgehead atoms. The normalized spacial score (nSPS) is 28.9. The smallest absolute Gasteiger partial charge is 0.310 e. The maximum atomic E-state index is 11.7. The molecule has 2 atom stereocenters. The van der Waals surface area contributed by atoms with Gasteiger partial charge in [-0.15, -0.1) is 0 Å². The fourth-order valence-electron chi connectivity index (χ4n) is 2.32. The molecule has 0 amide bonds. The van der Waals surface area contributed by atoms with Crippen LogP contribution < -0.4 is 5.32 Å². The number of hydrogen-bond acceptors (Lipinski definition) is 5. The molecule has 0 aromatic heterocycles. The van der Waals surface area contributed by atoms with Gasteiger partial charge in [-0.25, -0.2) is 8.42 Å². The van der Waals surface area contributed by atoms with E-state index in [-0.39, 0.29) is 29.3 Å². The van der Waals surface area contributed by atoms with E-state index in [1.165, 1.54) is 7.11 Å². The number of nitrogens with one attached hydrogen (secondary N) is 1. The first-order chi connectivity index (χ1) is 8.02. The Morgan fingerprint density at radius 3 is 2.59 bits per heavy atom. The first-order valence-corrected chi connectivity index (χ1v) is 7.85. The minimum absolute atomic E-state index is 0.0845. The van der Waals surface area contributed by atoms with E-state index in [9.17, 15) is 13.2 Å². The first kappa shape index (κ1) is 12.8. The zero-order valence-corrected chi connectivity index (χ0v) is 10.8. The Bertz CT molecular complexity index is 388. The largest absolute Gasteiger partial charge is 0.469 e. The zero-order valence-electron chi connectivity index (χ0n) is 10.0. The number of esters is 1. The van der Waals surface area contributed by atoms with E-state index >= 15 is 0 Å². The molecule has 2 fully saturated rings. The molecular weight excluding hydrogens is 242 g/mol. The average molecular weight is 261 g/mol. The third-order valence-electron chi connectivity index (χ3n) is 3.54. The molecule has 98 valence electrons. The maximum absolute atomic E-state index is 11.7. The van der Waals surface area contributed by atoms with Gasteiger partial charge in [0, 0.05) is 12.6 Å². The molecule has 2 unspecified atom stereocenters. The molecular formula is C11H19NO4S. The van der Waals surface area contributed by atoms with Crippen molar-refractivity contribution in [3.05, 3.63) is 0 Å². The van der Waals surface area contributed by atoms with Gasteiger partial charge in [0.2, 0.25) is 0 Å². The summed E-state index contributed by atoms with van der Waals surface area (Å²) in [5.74, 6) is -0.370. The molecule has 1 N–H and O–H groups in total. The van der Waals surface area contributed by atoms with Crippen molar-refractivity contribution in [2.45, 2.75) is 25.3 Å². The van der Waals surface area contributed by atoms with Crippen molar-refractivity contribution in [3.63, 3.8) is 0 Å². The lowest BCUT2D eigenvalue weighted by molar-refractivity contribution is -0.146. The topological polar surface area (TPSA) is 72.5 Å². The highest BCUT2D eigenvalue weighted by atomic mass is 32.2. The molecule has 2 aliphatic rings. The van der Waals surface area contributed by atoms with Crippen molar-refractivity contribution in [3.8, 4) is 0 Å². The van der Waals surface area contributed by atoms with E-state index in [2.05, 4.69) is 5.32 Å². The Morgan fingerprint density at radius 2 is 2.12 bits per heavy atom. The van der Waals surface area contributed by atoms with Crippen LogP contribution in [0.5, 0.6) is 0 Å². The van der Waals surface area contributed by atoms with Crippen molar-refractivity contribution in [1.29, 1.82) is 0 Å². The zero-order chi connectivity index (χ0) is 12.5. The Balaban J connectivity index is 1.96. The molecule has 1 saturated carbocycles. The van der Waals surface area contributed by atoms with Gasteiger partial charge in [0.05, 0.1) is 24.5 Å². The van der Waals surface area contributed by atoms with Gasteiger partial charge in [0.15, 0.2) is 9.84 Å². The summed E-state index contributed by atoms with van der Waals surface area (Å²) in [4.78, 5) is 11.7. The minimum atomic E-state index is -2.94. The number of hydrogen-bond donors (Lipinski definition) is 1. The Morgan fingerprint density at radius 1 is 1.41 bits per heavy atom. The van der Waals surface area contributed by atoms with Gasteiger partial charge >= 0.3 is 5.97 Å². The summed E-state index contributed by atoms with van der Waals surface area (Å²) in [5, 5.41) is 3.28. The molecule has 1 aliphatic heterocycles. The standard InChI is InChI=1S/C11H19NO4S/c1-16-11(13)10(6-12-9-2-3-9)8-4-5-17(14,15)7-8/h8-10,12H,2-7H2,1H3. The van der Waals surface area contributed by atoms with Gasteiger partial charge in [-0.2, -0.15) is 0 Å². The monoisotopic (exact) mass is 261 g/mol. The Kier molecular flexibility index (Phi) is 3.73. The molecule has 0 radical (unpaired) electrons. The quantitative estimate of drug-likeness (QED) is 0.703. The van der Waals surface area contributed by atoms with Crippen molar-refractivity contribution in [2.75, 3.05) is 25.2 Å². The van der Waals surface area contributed by atoms with Gasteiger partial charge < -0.3 is 10.1 Å².